The first-order valence-corrected chi connectivity index (χ1v) is 12.4. The van der Waals surface area contributed by atoms with Crippen LogP contribution in [0.4, 0.5) is 16.4 Å². The Morgan fingerprint density at radius 1 is 1.15 bits per heavy atom. The number of aromatic carboxylic acids is 1. The highest BCUT2D eigenvalue weighted by Crippen LogP contribution is 2.33. The van der Waals surface area contributed by atoms with Crippen LogP contribution in [0.25, 0.3) is 16.7 Å². The number of fused-ring (bicyclic) bond motifs is 2. The van der Waals surface area contributed by atoms with Crippen molar-refractivity contribution in [3.05, 3.63) is 80.5 Å². The van der Waals surface area contributed by atoms with Crippen molar-refractivity contribution in [1.29, 1.82) is 0 Å². The number of anilines is 2. The number of hydrogen-bond acceptors (Lipinski definition) is 8. The van der Waals surface area contributed by atoms with Gasteiger partial charge in [-0.05, 0) is 57.5 Å². The van der Waals surface area contributed by atoms with E-state index in [2.05, 4.69) is 15.3 Å². The highest BCUT2D eigenvalue weighted by molar-refractivity contribution is 6.33. The minimum absolute atomic E-state index is 0.0499. The molecule has 0 fully saturated rings. The number of hydrogen-bond donors (Lipinski definition) is 2. The Balaban J connectivity index is 1.62. The van der Waals surface area contributed by atoms with E-state index in [0.717, 1.165) is 11.3 Å². The Hall–Kier alpha value is -4.51. The molecule has 0 bridgehead atoms. The standard InChI is InChI=1S/C27H25ClN6O5/c1-14-20(7-8-21(30-14)31-26(38)39-27(2,3)4)34-12-17(25(36)37)22(35)16-10-18(28)24(32-23(16)34)33-11-15-6-5-9-29-19(15)13-33/h5-10,12H,11,13H2,1-4H3,(H,36,37)(H,30,31,38). The Bertz CT molecular complexity index is 1690. The van der Waals surface area contributed by atoms with Crippen LogP contribution in [0.3, 0.4) is 0 Å². The number of pyridine rings is 4. The molecule has 200 valence electrons. The second kappa shape index (κ2) is 9.66. The van der Waals surface area contributed by atoms with E-state index in [4.69, 9.17) is 21.3 Å². The molecule has 5 rings (SSSR count). The van der Waals surface area contributed by atoms with E-state index in [9.17, 15) is 19.5 Å². The summed E-state index contributed by atoms with van der Waals surface area (Å²) >= 11 is 6.59. The third kappa shape index (κ3) is 5.13. The third-order valence-electron chi connectivity index (χ3n) is 6.08. The zero-order valence-electron chi connectivity index (χ0n) is 21.6. The molecular weight excluding hydrogens is 524 g/mol. The van der Waals surface area contributed by atoms with E-state index in [1.54, 1.807) is 46.0 Å². The molecule has 1 aliphatic rings. The number of nitrogens with zero attached hydrogens (tertiary/aromatic N) is 5. The lowest BCUT2D eigenvalue weighted by Crippen LogP contribution is -2.27. The number of carbonyl (C=O) groups excluding carboxylic acids is 1. The summed E-state index contributed by atoms with van der Waals surface area (Å²) < 4.78 is 6.78. The van der Waals surface area contributed by atoms with E-state index in [1.165, 1.54) is 16.8 Å². The van der Waals surface area contributed by atoms with E-state index >= 15 is 0 Å². The van der Waals surface area contributed by atoms with Gasteiger partial charge in [-0.25, -0.2) is 19.6 Å². The van der Waals surface area contributed by atoms with Crippen LogP contribution in [-0.4, -0.2) is 42.3 Å². The van der Waals surface area contributed by atoms with Crippen molar-refractivity contribution < 1.29 is 19.4 Å². The van der Waals surface area contributed by atoms with Gasteiger partial charge in [0.2, 0.25) is 5.43 Å². The van der Waals surface area contributed by atoms with E-state index in [0.29, 0.717) is 30.3 Å². The van der Waals surface area contributed by atoms with Crippen molar-refractivity contribution in [2.75, 3.05) is 10.2 Å². The number of amides is 1. The fourth-order valence-electron chi connectivity index (χ4n) is 4.41. The van der Waals surface area contributed by atoms with Gasteiger partial charge in [0.25, 0.3) is 0 Å². The first kappa shape index (κ1) is 26.1. The van der Waals surface area contributed by atoms with Crippen LogP contribution in [0.2, 0.25) is 5.02 Å². The van der Waals surface area contributed by atoms with Crippen molar-refractivity contribution in [2.45, 2.75) is 46.4 Å². The maximum absolute atomic E-state index is 13.1. The molecular formula is C27H25ClN6O5. The first-order chi connectivity index (χ1) is 18.4. The van der Waals surface area contributed by atoms with Crippen LogP contribution >= 0.6 is 11.6 Å². The Morgan fingerprint density at radius 2 is 1.92 bits per heavy atom. The fourth-order valence-corrected chi connectivity index (χ4v) is 4.68. The van der Waals surface area contributed by atoms with Gasteiger partial charge in [-0.15, -0.1) is 0 Å². The van der Waals surface area contributed by atoms with Crippen molar-refractivity contribution in [1.82, 2.24) is 19.5 Å². The fraction of sp³-hybridized carbons (Fsp3) is 0.259. The maximum Gasteiger partial charge on any atom is 0.413 e. The van der Waals surface area contributed by atoms with Crippen molar-refractivity contribution in [3.8, 4) is 5.69 Å². The number of nitrogens with one attached hydrogen (secondary N) is 1. The Kier molecular flexibility index (Phi) is 6.47. The van der Waals surface area contributed by atoms with Gasteiger partial charge in [0.15, 0.2) is 11.5 Å². The van der Waals surface area contributed by atoms with Crippen LogP contribution in [0.1, 0.15) is 48.1 Å². The summed E-state index contributed by atoms with van der Waals surface area (Å²) in [7, 11) is 0. The summed E-state index contributed by atoms with van der Waals surface area (Å²) in [6.45, 7) is 7.96. The third-order valence-corrected chi connectivity index (χ3v) is 6.35. The number of carboxylic acid groups (broad SMARTS) is 1. The smallest absolute Gasteiger partial charge is 0.413 e. The zero-order valence-corrected chi connectivity index (χ0v) is 22.4. The summed E-state index contributed by atoms with van der Waals surface area (Å²) in [6, 6.07) is 8.49. The lowest BCUT2D eigenvalue weighted by molar-refractivity contribution is 0.0633. The number of aryl methyl sites for hydroxylation is 1. The van der Waals surface area contributed by atoms with Crippen LogP contribution in [0, 0.1) is 6.92 Å². The Labute approximate surface area is 228 Å². The lowest BCUT2D eigenvalue weighted by atomic mass is 10.1. The predicted octanol–water partition coefficient (Wildman–Crippen LogP) is 4.70. The molecule has 0 atom stereocenters. The average Bonchev–Trinajstić information content (AvgIpc) is 3.27. The molecule has 0 saturated heterocycles. The highest BCUT2D eigenvalue weighted by atomic mass is 35.5. The number of carbonyl (C=O) groups is 2. The molecule has 2 N–H and O–H groups in total. The minimum Gasteiger partial charge on any atom is -0.477 e. The SMILES string of the molecule is Cc1nc(NC(=O)OC(C)(C)C)ccc1-n1cc(C(=O)O)c(=O)c2cc(Cl)c(N3Cc4cccnc4C3)nc21. The van der Waals surface area contributed by atoms with Gasteiger partial charge in [0.05, 0.1) is 34.0 Å². The van der Waals surface area contributed by atoms with E-state index < -0.39 is 28.7 Å². The van der Waals surface area contributed by atoms with Crippen molar-refractivity contribution in [3.63, 3.8) is 0 Å². The number of rotatable bonds is 4. The van der Waals surface area contributed by atoms with Crippen LogP contribution in [0.5, 0.6) is 0 Å². The molecule has 1 aliphatic heterocycles. The molecule has 11 nitrogen and oxygen atoms in total. The van der Waals surface area contributed by atoms with Gasteiger partial charge >= 0.3 is 12.1 Å². The average molecular weight is 549 g/mol. The molecule has 5 heterocycles. The summed E-state index contributed by atoms with van der Waals surface area (Å²) in [6.07, 6.45) is 2.29. The normalized spacial score (nSPS) is 12.9. The molecule has 39 heavy (non-hydrogen) atoms. The molecule has 1 amide bonds. The van der Waals surface area contributed by atoms with Gasteiger partial charge in [0.1, 0.15) is 17.0 Å². The molecule has 4 aromatic rings. The van der Waals surface area contributed by atoms with Gasteiger partial charge in [-0.1, -0.05) is 17.7 Å². The Morgan fingerprint density at radius 3 is 2.59 bits per heavy atom. The molecule has 0 unspecified atom stereocenters. The number of ether oxygens (including phenoxy) is 1. The highest BCUT2D eigenvalue weighted by Gasteiger charge is 2.26. The molecule has 0 radical (unpaired) electrons. The number of aromatic nitrogens is 4. The summed E-state index contributed by atoms with van der Waals surface area (Å²) in [5.74, 6) is -0.703. The van der Waals surface area contributed by atoms with Gasteiger partial charge in [-0.3, -0.25) is 19.7 Å². The molecule has 12 heteroatoms. The van der Waals surface area contributed by atoms with E-state index in [-0.39, 0.29) is 21.9 Å². The second-order valence-corrected chi connectivity index (χ2v) is 10.5. The van der Waals surface area contributed by atoms with E-state index in [1.807, 2.05) is 17.0 Å². The van der Waals surface area contributed by atoms with Gasteiger partial charge in [-0.2, -0.15) is 0 Å². The van der Waals surface area contributed by atoms with Crippen LogP contribution in [-0.2, 0) is 17.8 Å². The first-order valence-electron chi connectivity index (χ1n) is 12.1. The second-order valence-electron chi connectivity index (χ2n) is 10.1. The lowest BCUT2D eigenvalue weighted by Gasteiger charge is -2.21. The van der Waals surface area contributed by atoms with Crippen molar-refractivity contribution in [2.24, 2.45) is 0 Å². The molecule has 0 aromatic carbocycles. The summed E-state index contributed by atoms with van der Waals surface area (Å²) in [5, 5.41) is 12.6. The van der Waals surface area contributed by atoms with Gasteiger partial charge < -0.3 is 14.7 Å². The topological polar surface area (TPSA) is 140 Å². The van der Waals surface area contributed by atoms with Crippen LogP contribution in [0.15, 0.2) is 47.5 Å². The quantitative estimate of drug-likeness (QED) is 0.371. The van der Waals surface area contributed by atoms with Crippen molar-refractivity contribution >= 4 is 46.3 Å². The summed E-state index contributed by atoms with van der Waals surface area (Å²) in [5.41, 5.74) is 1.25. The van der Waals surface area contributed by atoms with Crippen LogP contribution < -0.4 is 15.6 Å². The molecule has 4 aromatic heterocycles. The summed E-state index contributed by atoms with van der Waals surface area (Å²) in [4.78, 5) is 52.8. The molecule has 0 aliphatic carbocycles. The largest absolute Gasteiger partial charge is 0.477 e. The maximum atomic E-state index is 13.1. The minimum atomic E-state index is -1.38. The number of halogens is 1. The molecule has 0 saturated carbocycles. The monoisotopic (exact) mass is 548 g/mol. The molecule has 0 spiro atoms. The zero-order chi connectivity index (χ0) is 28.1. The van der Waals surface area contributed by atoms with Gasteiger partial charge in [0, 0.05) is 18.9 Å². The number of carboxylic acids is 1. The predicted molar refractivity (Wildman–Crippen MR) is 146 cm³/mol.